The fourth-order valence-electron chi connectivity index (χ4n) is 3.30. The molecule has 3 N–H and O–H groups in total. The molecule has 1 aromatic heterocycles. The van der Waals surface area contributed by atoms with Crippen LogP contribution in [0, 0.1) is 11.3 Å². The summed E-state index contributed by atoms with van der Waals surface area (Å²) in [7, 11) is 1.47. The third-order valence-electron chi connectivity index (χ3n) is 4.52. The van der Waals surface area contributed by atoms with Gasteiger partial charge in [-0.3, -0.25) is 9.89 Å². The van der Waals surface area contributed by atoms with Gasteiger partial charge in [0, 0.05) is 18.0 Å². The van der Waals surface area contributed by atoms with Crippen LogP contribution in [0.1, 0.15) is 50.4 Å². The highest BCUT2D eigenvalue weighted by molar-refractivity contribution is 9.10. The molecule has 3 rings (SSSR count). The number of methoxy groups -OCH3 is 1. The average Bonchev–Trinajstić information content (AvgIpc) is 3.05. The zero-order chi connectivity index (χ0) is 21.5. The second-order valence-electron chi connectivity index (χ2n) is 7.62. The Morgan fingerprint density at radius 1 is 1.41 bits per heavy atom. The molecule has 0 saturated heterocycles. The smallest absolute Gasteiger partial charge is 0.308 e. The number of hydrogen-bond donors (Lipinski definition) is 2. The summed E-state index contributed by atoms with van der Waals surface area (Å²) >= 11 is 3.44. The van der Waals surface area contributed by atoms with E-state index in [1.165, 1.54) is 14.0 Å². The van der Waals surface area contributed by atoms with Crippen molar-refractivity contribution >= 4 is 21.9 Å². The molecule has 8 nitrogen and oxygen atoms in total. The molecule has 152 valence electrons. The summed E-state index contributed by atoms with van der Waals surface area (Å²) in [5.74, 6) is -0.0826. The Hall–Kier alpha value is -2.99. The number of carbonyl (C=O) groups is 1. The van der Waals surface area contributed by atoms with E-state index in [9.17, 15) is 10.1 Å². The number of aromatic amines is 1. The lowest BCUT2D eigenvalue weighted by Crippen LogP contribution is -2.24. The molecule has 9 heteroatoms. The summed E-state index contributed by atoms with van der Waals surface area (Å²) in [5.41, 5.74) is 8.28. The number of fused-ring (bicyclic) bond motifs is 1. The van der Waals surface area contributed by atoms with Crippen LogP contribution < -0.4 is 19.9 Å². The van der Waals surface area contributed by atoms with Gasteiger partial charge >= 0.3 is 5.97 Å². The molecule has 2 aromatic rings. The van der Waals surface area contributed by atoms with Crippen LogP contribution in [0.2, 0.25) is 0 Å². The van der Waals surface area contributed by atoms with Gasteiger partial charge in [-0.05, 0) is 33.6 Å². The number of hydrogen-bond acceptors (Lipinski definition) is 7. The fourth-order valence-corrected chi connectivity index (χ4v) is 3.84. The maximum absolute atomic E-state index is 11.5. The lowest BCUT2D eigenvalue weighted by Gasteiger charge is -2.28. The second kappa shape index (κ2) is 7.44. The summed E-state index contributed by atoms with van der Waals surface area (Å²) < 4.78 is 16.8. The van der Waals surface area contributed by atoms with E-state index in [0.717, 1.165) is 11.3 Å². The van der Waals surface area contributed by atoms with Gasteiger partial charge < -0.3 is 19.9 Å². The van der Waals surface area contributed by atoms with Crippen molar-refractivity contribution in [3.8, 4) is 23.4 Å². The van der Waals surface area contributed by atoms with Gasteiger partial charge in [0.05, 0.1) is 23.1 Å². The highest BCUT2D eigenvalue weighted by Gasteiger charge is 2.38. The molecular formula is C20H21BrN4O4. The first-order chi connectivity index (χ1) is 13.6. The number of H-pyrrole nitrogens is 1. The third kappa shape index (κ3) is 3.68. The Balaban J connectivity index is 2.27. The van der Waals surface area contributed by atoms with E-state index in [1.54, 1.807) is 12.1 Å². The number of carbonyl (C=O) groups excluding carboxylic acids is 1. The van der Waals surface area contributed by atoms with E-state index in [1.807, 2.05) is 20.8 Å². The van der Waals surface area contributed by atoms with Gasteiger partial charge in [-0.1, -0.05) is 20.8 Å². The number of allylic oxidation sites excluding steroid dienone is 1. The number of rotatable bonds is 3. The second-order valence-corrected chi connectivity index (χ2v) is 8.47. The summed E-state index contributed by atoms with van der Waals surface area (Å²) in [4.78, 5) is 11.5. The van der Waals surface area contributed by atoms with Gasteiger partial charge in [-0.2, -0.15) is 5.26 Å². The highest BCUT2D eigenvalue weighted by atomic mass is 79.9. The number of halogens is 1. The molecular weight excluding hydrogens is 440 g/mol. The van der Waals surface area contributed by atoms with Gasteiger partial charge in [-0.25, -0.2) is 0 Å². The Kier molecular flexibility index (Phi) is 5.32. The van der Waals surface area contributed by atoms with Crippen molar-refractivity contribution < 1.29 is 19.0 Å². The SMILES string of the molecule is COc1cc([C@H]2C(C#N)=C(N)Oc3n[nH]c(C(C)(C)C)c32)cc(Br)c1OC(C)=O. The molecule has 0 spiro atoms. The minimum absolute atomic E-state index is 0.00360. The number of esters is 1. The number of nitriles is 1. The third-order valence-corrected chi connectivity index (χ3v) is 5.11. The van der Waals surface area contributed by atoms with Crippen LogP contribution in [0.25, 0.3) is 0 Å². The zero-order valence-corrected chi connectivity index (χ0v) is 18.3. The van der Waals surface area contributed by atoms with Crippen molar-refractivity contribution in [3.05, 3.63) is 44.9 Å². The molecule has 0 unspecified atom stereocenters. The van der Waals surface area contributed by atoms with Crippen LogP contribution in [0.3, 0.4) is 0 Å². The number of nitrogens with two attached hydrogens (primary N) is 1. The van der Waals surface area contributed by atoms with Crippen molar-refractivity contribution in [1.82, 2.24) is 10.2 Å². The van der Waals surface area contributed by atoms with Gasteiger partial charge in [0.25, 0.3) is 0 Å². The van der Waals surface area contributed by atoms with E-state index >= 15 is 0 Å². The quantitative estimate of drug-likeness (QED) is 0.529. The van der Waals surface area contributed by atoms with Crippen molar-refractivity contribution in [3.63, 3.8) is 0 Å². The summed E-state index contributed by atoms with van der Waals surface area (Å²) in [5, 5.41) is 17.1. The summed E-state index contributed by atoms with van der Waals surface area (Å²) in [6.07, 6.45) is 0. The first kappa shape index (κ1) is 20.7. The van der Waals surface area contributed by atoms with E-state index in [-0.39, 0.29) is 22.6 Å². The van der Waals surface area contributed by atoms with Crippen molar-refractivity contribution in [2.45, 2.75) is 39.0 Å². The molecule has 0 radical (unpaired) electrons. The zero-order valence-electron chi connectivity index (χ0n) is 16.7. The molecule has 2 heterocycles. The summed E-state index contributed by atoms with van der Waals surface area (Å²) in [6, 6.07) is 5.65. The Bertz CT molecular complexity index is 1060. The molecule has 1 aromatic carbocycles. The Morgan fingerprint density at radius 3 is 2.66 bits per heavy atom. The Morgan fingerprint density at radius 2 is 2.10 bits per heavy atom. The molecule has 1 aliphatic heterocycles. The normalized spacial score (nSPS) is 16.0. The lowest BCUT2D eigenvalue weighted by molar-refractivity contribution is -0.132. The number of aromatic nitrogens is 2. The maximum atomic E-state index is 11.5. The summed E-state index contributed by atoms with van der Waals surface area (Å²) in [6.45, 7) is 7.41. The molecule has 0 fully saturated rings. The van der Waals surface area contributed by atoms with E-state index < -0.39 is 11.9 Å². The van der Waals surface area contributed by atoms with E-state index in [4.69, 9.17) is 19.9 Å². The molecule has 29 heavy (non-hydrogen) atoms. The van der Waals surface area contributed by atoms with Gasteiger partial charge in [-0.15, -0.1) is 5.10 Å². The van der Waals surface area contributed by atoms with Gasteiger partial charge in [0.15, 0.2) is 11.5 Å². The largest absolute Gasteiger partial charge is 0.493 e. The predicted octanol–water partition coefficient (Wildman–Crippen LogP) is 3.62. The van der Waals surface area contributed by atoms with Gasteiger partial charge in [0.1, 0.15) is 11.6 Å². The maximum Gasteiger partial charge on any atom is 0.308 e. The minimum Gasteiger partial charge on any atom is -0.493 e. The highest BCUT2D eigenvalue weighted by Crippen LogP contribution is 2.48. The van der Waals surface area contributed by atoms with Crippen LogP contribution >= 0.6 is 15.9 Å². The fraction of sp³-hybridized carbons (Fsp3) is 0.350. The molecule has 0 bridgehead atoms. The van der Waals surface area contributed by atoms with Crippen LogP contribution in [-0.4, -0.2) is 23.3 Å². The van der Waals surface area contributed by atoms with E-state index in [2.05, 4.69) is 32.2 Å². The molecule has 0 amide bonds. The number of ether oxygens (including phenoxy) is 3. The topological polar surface area (TPSA) is 123 Å². The van der Waals surface area contributed by atoms with Crippen molar-refractivity contribution in [2.75, 3.05) is 7.11 Å². The number of benzene rings is 1. The van der Waals surface area contributed by atoms with Crippen LogP contribution in [0.4, 0.5) is 0 Å². The van der Waals surface area contributed by atoms with Crippen LogP contribution in [0.5, 0.6) is 17.4 Å². The first-order valence-electron chi connectivity index (χ1n) is 8.80. The first-order valence-corrected chi connectivity index (χ1v) is 9.60. The predicted molar refractivity (Wildman–Crippen MR) is 109 cm³/mol. The van der Waals surface area contributed by atoms with Crippen molar-refractivity contribution in [1.29, 1.82) is 5.26 Å². The average molecular weight is 461 g/mol. The van der Waals surface area contributed by atoms with Crippen LogP contribution in [-0.2, 0) is 10.2 Å². The molecule has 1 atom stereocenters. The molecule has 1 aliphatic rings. The van der Waals surface area contributed by atoms with Crippen LogP contribution in [0.15, 0.2) is 28.1 Å². The molecule has 0 aliphatic carbocycles. The lowest BCUT2D eigenvalue weighted by atomic mass is 9.79. The minimum atomic E-state index is -0.534. The monoisotopic (exact) mass is 460 g/mol. The van der Waals surface area contributed by atoms with Gasteiger partial charge in [0.2, 0.25) is 11.8 Å². The number of nitrogens with one attached hydrogen (secondary N) is 1. The standard InChI is InChI=1S/C20H21BrN4O4/c1-9(26)28-16-12(21)6-10(7-13(16)27-5)14-11(8-22)18(23)29-19-15(14)17(24-25-19)20(2,3)4/h6-7,14H,23H2,1-5H3,(H,24,25)/t14-/m0/s1. The Labute approximate surface area is 176 Å². The van der Waals surface area contributed by atoms with E-state index in [0.29, 0.717) is 21.7 Å². The number of nitrogens with zero attached hydrogens (tertiary/aromatic N) is 2. The molecule has 0 saturated carbocycles. The van der Waals surface area contributed by atoms with Crippen molar-refractivity contribution in [2.24, 2.45) is 5.73 Å².